The van der Waals surface area contributed by atoms with Gasteiger partial charge in [0, 0.05) is 0 Å². The second-order valence-corrected chi connectivity index (χ2v) is 8.25. The van der Waals surface area contributed by atoms with Crippen molar-refractivity contribution in [2.45, 2.75) is 89.9 Å². The fourth-order valence-corrected chi connectivity index (χ4v) is 5.43. The van der Waals surface area contributed by atoms with E-state index < -0.39 is 12.3 Å². The van der Waals surface area contributed by atoms with Crippen LogP contribution in [0, 0.1) is 29.6 Å². The number of hydrogen-bond acceptors (Lipinski definition) is 0. The van der Waals surface area contributed by atoms with Crippen molar-refractivity contribution in [3.8, 4) is 0 Å². The first-order valence-corrected chi connectivity index (χ1v) is 9.43. The highest BCUT2D eigenvalue weighted by molar-refractivity contribution is 4.90. The molecular weight excluding hydrogens is 266 g/mol. The second-order valence-electron chi connectivity index (χ2n) is 8.25. The Morgan fingerprint density at radius 1 is 0.619 bits per heavy atom. The predicted octanol–water partition coefficient (Wildman–Crippen LogP) is 6.10. The zero-order valence-corrected chi connectivity index (χ0v) is 13.6. The summed E-state index contributed by atoms with van der Waals surface area (Å²) in [7, 11) is 0. The third-order valence-corrected chi connectivity index (χ3v) is 6.92. The second kappa shape index (κ2) is 6.96. The Balaban J connectivity index is 1.48. The molecule has 3 aliphatic rings. The molecule has 0 bridgehead atoms. The Kier molecular flexibility index (Phi) is 5.22. The van der Waals surface area contributed by atoms with Crippen molar-refractivity contribution in [1.29, 1.82) is 0 Å². The molecule has 0 aliphatic heterocycles. The van der Waals surface area contributed by atoms with Crippen LogP contribution in [0.4, 0.5) is 8.78 Å². The highest BCUT2D eigenvalue weighted by Gasteiger charge is 2.40. The number of alkyl halides is 2. The minimum Gasteiger partial charge on any atom is -0.244 e. The van der Waals surface area contributed by atoms with E-state index >= 15 is 0 Å². The molecule has 0 saturated heterocycles. The Hall–Kier alpha value is -0.140. The Bertz CT molecular complexity index is 314. The molecule has 21 heavy (non-hydrogen) atoms. The number of hydrogen-bond donors (Lipinski definition) is 0. The fraction of sp³-hybridized carbons (Fsp3) is 1.00. The summed E-state index contributed by atoms with van der Waals surface area (Å²) in [5, 5.41) is 0. The zero-order valence-electron chi connectivity index (χ0n) is 13.6. The van der Waals surface area contributed by atoms with Gasteiger partial charge in [-0.25, -0.2) is 8.78 Å². The summed E-state index contributed by atoms with van der Waals surface area (Å²) in [5.74, 6) is 3.24. The smallest absolute Gasteiger partial charge is 0.134 e. The van der Waals surface area contributed by atoms with Gasteiger partial charge in [-0.15, -0.1) is 0 Å². The maximum atomic E-state index is 14.1. The van der Waals surface area contributed by atoms with Crippen LogP contribution in [0.1, 0.15) is 77.6 Å². The molecular formula is C19H32F2. The fourth-order valence-electron chi connectivity index (χ4n) is 5.43. The van der Waals surface area contributed by atoms with Gasteiger partial charge in [0.2, 0.25) is 0 Å². The average Bonchev–Trinajstić information content (AvgIpc) is 2.51. The largest absolute Gasteiger partial charge is 0.244 e. The van der Waals surface area contributed by atoms with Crippen molar-refractivity contribution in [2.75, 3.05) is 0 Å². The molecule has 0 amide bonds. The monoisotopic (exact) mass is 298 g/mol. The molecule has 0 N–H and O–H groups in total. The number of halogens is 2. The van der Waals surface area contributed by atoms with E-state index in [1.807, 2.05) is 0 Å². The van der Waals surface area contributed by atoms with Gasteiger partial charge in [0.1, 0.15) is 12.3 Å². The summed E-state index contributed by atoms with van der Waals surface area (Å²) >= 11 is 0. The molecule has 3 atom stereocenters. The quantitative estimate of drug-likeness (QED) is 0.578. The highest BCUT2D eigenvalue weighted by Crippen LogP contribution is 2.46. The van der Waals surface area contributed by atoms with Crippen molar-refractivity contribution < 1.29 is 8.78 Å². The Labute approximate surface area is 129 Å². The predicted molar refractivity (Wildman–Crippen MR) is 83.7 cm³/mol. The van der Waals surface area contributed by atoms with E-state index in [1.165, 1.54) is 38.5 Å². The summed E-state index contributed by atoms with van der Waals surface area (Å²) in [4.78, 5) is 0. The molecule has 0 aromatic heterocycles. The van der Waals surface area contributed by atoms with E-state index in [4.69, 9.17) is 0 Å². The van der Waals surface area contributed by atoms with Crippen LogP contribution < -0.4 is 0 Å². The van der Waals surface area contributed by atoms with Crippen LogP contribution >= 0.6 is 0 Å². The summed E-state index contributed by atoms with van der Waals surface area (Å²) in [5.41, 5.74) is 0. The molecule has 0 spiro atoms. The van der Waals surface area contributed by atoms with Crippen LogP contribution in [-0.2, 0) is 0 Å². The zero-order chi connectivity index (χ0) is 14.8. The lowest BCUT2D eigenvalue weighted by Gasteiger charge is -2.41. The van der Waals surface area contributed by atoms with E-state index in [2.05, 4.69) is 6.92 Å². The van der Waals surface area contributed by atoms with Crippen molar-refractivity contribution in [1.82, 2.24) is 0 Å². The third-order valence-electron chi connectivity index (χ3n) is 6.92. The minimum atomic E-state index is -1.18. The summed E-state index contributed by atoms with van der Waals surface area (Å²) in [6.45, 7) is 2.38. The summed E-state index contributed by atoms with van der Waals surface area (Å²) in [6, 6.07) is 0. The van der Waals surface area contributed by atoms with Gasteiger partial charge < -0.3 is 0 Å². The van der Waals surface area contributed by atoms with Crippen molar-refractivity contribution >= 4 is 0 Å². The maximum absolute atomic E-state index is 14.1. The molecule has 0 aromatic rings. The van der Waals surface area contributed by atoms with Crippen LogP contribution in [0.25, 0.3) is 0 Å². The van der Waals surface area contributed by atoms with Crippen LogP contribution in [-0.4, -0.2) is 12.3 Å². The maximum Gasteiger partial charge on any atom is 0.134 e. The van der Waals surface area contributed by atoms with Crippen molar-refractivity contribution in [2.24, 2.45) is 29.6 Å². The first-order chi connectivity index (χ1) is 10.1. The molecule has 0 nitrogen and oxygen atoms in total. The third kappa shape index (κ3) is 3.62. The molecule has 0 radical (unpaired) electrons. The normalized spacial score (nSPS) is 49.0. The van der Waals surface area contributed by atoms with E-state index in [1.54, 1.807) is 0 Å². The van der Waals surface area contributed by atoms with E-state index in [-0.39, 0.29) is 5.92 Å². The van der Waals surface area contributed by atoms with Crippen molar-refractivity contribution in [3.05, 3.63) is 0 Å². The first kappa shape index (κ1) is 15.7. The molecule has 3 rings (SSSR count). The van der Waals surface area contributed by atoms with Gasteiger partial charge in [-0.2, -0.15) is 0 Å². The average molecular weight is 298 g/mol. The lowest BCUT2D eigenvalue weighted by molar-refractivity contribution is 0.0157. The van der Waals surface area contributed by atoms with E-state index in [0.29, 0.717) is 12.3 Å². The SMILES string of the molecule is CC1CCC(C2CCC([C@@H]3CCCC(F)C3F)CC2)CC1. The first-order valence-electron chi connectivity index (χ1n) is 9.43. The van der Waals surface area contributed by atoms with Gasteiger partial charge >= 0.3 is 0 Å². The van der Waals surface area contributed by atoms with Crippen LogP contribution in [0.15, 0.2) is 0 Å². The molecule has 0 heterocycles. The summed E-state index contributed by atoms with van der Waals surface area (Å²) < 4.78 is 27.8. The van der Waals surface area contributed by atoms with E-state index in [9.17, 15) is 8.78 Å². The van der Waals surface area contributed by atoms with Crippen LogP contribution in [0.2, 0.25) is 0 Å². The van der Waals surface area contributed by atoms with Gasteiger partial charge in [0.05, 0.1) is 0 Å². The molecule has 3 fully saturated rings. The lowest BCUT2D eigenvalue weighted by atomic mass is 9.65. The van der Waals surface area contributed by atoms with E-state index in [0.717, 1.165) is 43.4 Å². The molecule has 0 aromatic carbocycles. The standard InChI is InChI=1S/C19H32F2/c1-13-5-7-14(8-6-13)15-9-11-16(12-10-15)17-3-2-4-18(20)19(17)21/h13-19H,2-12H2,1H3/t13?,14?,15?,16?,17-,18?,19?/m0/s1. The molecule has 2 unspecified atom stereocenters. The van der Waals surface area contributed by atoms with Gasteiger partial charge in [-0.1, -0.05) is 26.2 Å². The van der Waals surface area contributed by atoms with Gasteiger partial charge in [-0.05, 0) is 81.0 Å². The summed E-state index contributed by atoms with van der Waals surface area (Å²) in [6.07, 6.45) is 10.5. The van der Waals surface area contributed by atoms with Crippen LogP contribution in [0.3, 0.4) is 0 Å². The number of rotatable bonds is 2. The molecule has 122 valence electrons. The van der Waals surface area contributed by atoms with Crippen molar-refractivity contribution in [3.63, 3.8) is 0 Å². The van der Waals surface area contributed by atoms with Gasteiger partial charge in [0.15, 0.2) is 0 Å². The minimum absolute atomic E-state index is 0.0288. The Morgan fingerprint density at radius 2 is 1.14 bits per heavy atom. The highest BCUT2D eigenvalue weighted by atomic mass is 19.2. The Morgan fingerprint density at radius 3 is 1.76 bits per heavy atom. The van der Waals surface area contributed by atoms with Gasteiger partial charge in [0.25, 0.3) is 0 Å². The van der Waals surface area contributed by atoms with Crippen LogP contribution in [0.5, 0.6) is 0 Å². The van der Waals surface area contributed by atoms with Gasteiger partial charge in [-0.3, -0.25) is 0 Å². The molecule has 3 aliphatic carbocycles. The molecule has 2 heteroatoms. The lowest BCUT2D eigenvalue weighted by Crippen LogP contribution is -2.38. The topological polar surface area (TPSA) is 0 Å². The molecule has 3 saturated carbocycles.